The van der Waals surface area contributed by atoms with E-state index in [0.717, 1.165) is 4.57 Å². The number of halogens is 1. The lowest BCUT2D eigenvalue weighted by Crippen LogP contribution is -2.33. The highest BCUT2D eigenvalue weighted by atomic mass is 35.5. The highest BCUT2D eigenvalue weighted by molar-refractivity contribution is 7.49. The summed E-state index contributed by atoms with van der Waals surface area (Å²) in [6.07, 6.45) is -2.51. The van der Waals surface area contributed by atoms with Crippen LogP contribution in [0.5, 0.6) is 5.75 Å². The zero-order valence-corrected chi connectivity index (χ0v) is 20.5. The fraction of sp³-hybridized carbons (Fsp3) is 0.429. The maximum absolute atomic E-state index is 13.0. The quantitative estimate of drug-likeness (QED) is 0.369. The lowest BCUT2D eigenvalue weighted by Gasteiger charge is -2.26. The molecule has 0 amide bonds. The topological polar surface area (TPSA) is 172 Å². The Labute approximate surface area is 208 Å². The van der Waals surface area contributed by atoms with Gasteiger partial charge in [-0.1, -0.05) is 11.6 Å². The number of aromatic nitrogens is 2. The summed E-state index contributed by atoms with van der Waals surface area (Å²) in [5.74, 6) is -1.70. The average Bonchev–Trinajstić information content (AvgIpc) is 3.21. The summed E-state index contributed by atoms with van der Waals surface area (Å²) in [7, 11) is -4.07. The van der Waals surface area contributed by atoms with Gasteiger partial charge in [-0.3, -0.25) is 33.0 Å². The van der Waals surface area contributed by atoms with Crippen LogP contribution in [0.1, 0.15) is 36.6 Å². The molecule has 2 aliphatic heterocycles. The molecule has 0 spiro atoms. The summed E-state index contributed by atoms with van der Waals surface area (Å²) in [6, 6.07) is 4.68. The molecule has 1 aromatic heterocycles. The number of hydrogen-bond acceptors (Lipinski definition) is 10. The summed E-state index contributed by atoms with van der Waals surface area (Å²) < 4.78 is 41.5. The summed E-state index contributed by atoms with van der Waals surface area (Å²) in [6.45, 7) is 1.01. The molecule has 2 aliphatic rings. The molecule has 1 aromatic carbocycles. The SMILES string of the molecule is Cc1cn([C@H]2C[C@H](OC(=O)CCC(=O)O)[C@@H](COP3(=O)OCc4cc(Cl)ccc4O3)O2)c(=O)[nH]c1=O. The highest BCUT2D eigenvalue weighted by Crippen LogP contribution is 2.55. The Hall–Kier alpha value is -2.96. The van der Waals surface area contributed by atoms with Crippen LogP contribution in [0, 0.1) is 6.92 Å². The predicted octanol–water partition coefficient (Wildman–Crippen LogP) is 2.30. The lowest BCUT2D eigenvalue weighted by atomic mass is 10.2. The second-order valence-corrected chi connectivity index (χ2v) is 10.2. The molecule has 1 fully saturated rings. The number of aryl methyl sites for hydroxylation is 1. The van der Waals surface area contributed by atoms with E-state index in [9.17, 15) is 23.7 Å². The number of ether oxygens (including phenoxy) is 2. The number of esters is 1. The van der Waals surface area contributed by atoms with Gasteiger partial charge in [-0.05, 0) is 25.1 Å². The number of rotatable bonds is 8. The first-order valence-corrected chi connectivity index (χ1v) is 12.6. The highest BCUT2D eigenvalue weighted by Gasteiger charge is 2.43. The van der Waals surface area contributed by atoms with Gasteiger partial charge in [0.15, 0.2) is 0 Å². The number of aliphatic carboxylic acids is 1. The average molecular weight is 545 g/mol. The molecule has 0 aliphatic carbocycles. The van der Waals surface area contributed by atoms with E-state index >= 15 is 0 Å². The van der Waals surface area contributed by atoms with Crippen molar-refractivity contribution in [2.24, 2.45) is 0 Å². The van der Waals surface area contributed by atoms with Gasteiger partial charge in [-0.25, -0.2) is 9.36 Å². The third-order valence-corrected chi connectivity index (χ3v) is 7.04. The smallest absolute Gasteiger partial charge is 0.481 e. The number of H-pyrrole nitrogens is 1. The van der Waals surface area contributed by atoms with Crippen LogP contribution in [0.4, 0.5) is 0 Å². The van der Waals surface area contributed by atoms with E-state index in [1.165, 1.54) is 19.2 Å². The molecule has 13 nitrogen and oxygen atoms in total. The molecule has 0 radical (unpaired) electrons. The molecule has 15 heteroatoms. The first-order chi connectivity index (χ1) is 17.0. The van der Waals surface area contributed by atoms with Gasteiger partial charge < -0.3 is 19.1 Å². The Morgan fingerprint density at radius 2 is 2.08 bits per heavy atom. The number of carbonyl (C=O) groups excluding carboxylic acids is 1. The van der Waals surface area contributed by atoms with Crippen molar-refractivity contribution < 1.29 is 42.3 Å². The molecule has 0 bridgehead atoms. The van der Waals surface area contributed by atoms with E-state index in [1.54, 1.807) is 12.1 Å². The second kappa shape index (κ2) is 10.6. The molecule has 2 N–H and O–H groups in total. The monoisotopic (exact) mass is 544 g/mol. The molecule has 0 saturated carbocycles. The molecular formula is C21H22ClN2O11P. The van der Waals surface area contributed by atoms with E-state index in [4.69, 9.17) is 39.8 Å². The first-order valence-electron chi connectivity index (χ1n) is 10.8. The van der Waals surface area contributed by atoms with Crippen molar-refractivity contribution in [2.75, 3.05) is 6.61 Å². The Morgan fingerprint density at radius 3 is 2.83 bits per heavy atom. The summed E-state index contributed by atoms with van der Waals surface area (Å²) in [4.78, 5) is 49.1. The first kappa shape index (κ1) is 26.1. The van der Waals surface area contributed by atoms with E-state index < -0.39 is 62.5 Å². The number of fused-ring (bicyclic) bond motifs is 1. The molecule has 1 saturated heterocycles. The number of nitrogens with one attached hydrogen (secondary N) is 1. The second-order valence-electron chi connectivity index (χ2n) is 8.13. The number of benzene rings is 1. The van der Waals surface area contributed by atoms with Gasteiger partial charge in [0.05, 0.1) is 26.1 Å². The van der Waals surface area contributed by atoms with E-state index in [-0.39, 0.29) is 30.8 Å². The van der Waals surface area contributed by atoms with Gasteiger partial charge in [-0.15, -0.1) is 0 Å². The Balaban J connectivity index is 1.49. The Morgan fingerprint density at radius 1 is 1.31 bits per heavy atom. The third-order valence-electron chi connectivity index (χ3n) is 5.47. The summed E-state index contributed by atoms with van der Waals surface area (Å²) in [5, 5.41) is 9.25. The zero-order valence-electron chi connectivity index (χ0n) is 18.9. The molecule has 4 atom stereocenters. The van der Waals surface area contributed by atoms with Crippen molar-refractivity contribution in [3.8, 4) is 5.75 Å². The van der Waals surface area contributed by atoms with Gasteiger partial charge in [0.2, 0.25) is 0 Å². The third kappa shape index (κ3) is 6.05. The van der Waals surface area contributed by atoms with Crippen molar-refractivity contribution >= 4 is 31.4 Å². The van der Waals surface area contributed by atoms with Gasteiger partial charge in [0, 0.05) is 28.8 Å². The van der Waals surface area contributed by atoms with E-state index in [2.05, 4.69) is 4.98 Å². The van der Waals surface area contributed by atoms with Crippen LogP contribution in [0.25, 0.3) is 0 Å². The normalized spacial score (nSPS) is 25.1. The van der Waals surface area contributed by atoms with Crippen LogP contribution in [0.2, 0.25) is 5.02 Å². The van der Waals surface area contributed by atoms with Crippen LogP contribution in [-0.2, 0) is 39.3 Å². The summed E-state index contributed by atoms with van der Waals surface area (Å²) in [5.41, 5.74) is -0.472. The number of phosphoric ester groups is 1. The van der Waals surface area contributed by atoms with Crippen LogP contribution in [0.3, 0.4) is 0 Å². The molecule has 2 aromatic rings. The van der Waals surface area contributed by atoms with E-state index in [1.807, 2.05) is 0 Å². The minimum absolute atomic E-state index is 0.0222. The maximum Gasteiger partial charge on any atom is 0.530 e. The van der Waals surface area contributed by atoms with Crippen molar-refractivity contribution in [3.05, 3.63) is 61.4 Å². The van der Waals surface area contributed by atoms with Crippen molar-refractivity contribution in [1.29, 1.82) is 0 Å². The van der Waals surface area contributed by atoms with Crippen LogP contribution >= 0.6 is 19.4 Å². The largest absolute Gasteiger partial charge is 0.530 e. The lowest BCUT2D eigenvalue weighted by molar-refractivity contribution is -0.155. The van der Waals surface area contributed by atoms with Crippen molar-refractivity contribution in [1.82, 2.24) is 9.55 Å². The van der Waals surface area contributed by atoms with E-state index in [0.29, 0.717) is 10.6 Å². The Kier molecular flexibility index (Phi) is 7.67. The van der Waals surface area contributed by atoms with Gasteiger partial charge in [0.25, 0.3) is 5.56 Å². The molecule has 4 rings (SSSR count). The standard InChI is InChI=1S/C21H22ClN2O11P/c1-11-8-24(21(29)23-20(11)28)17-7-15(34-19(27)5-4-18(25)26)16(33-17)10-32-36(30)31-9-12-6-13(22)2-3-14(12)35-36/h2-3,6,8,15-17H,4-5,7,9-10H2,1H3,(H,25,26)(H,23,28,29)/t15-,16+,17+,36?/m0/s1. The predicted molar refractivity (Wildman–Crippen MR) is 122 cm³/mol. The summed E-state index contributed by atoms with van der Waals surface area (Å²) >= 11 is 5.94. The fourth-order valence-electron chi connectivity index (χ4n) is 3.66. The maximum atomic E-state index is 13.0. The Bertz CT molecular complexity index is 1340. The zero-order chi connectivity index (χ0) is 26.0. The van der Waals surface area contributed by atoms with Crippen LogP contribution in [0.15, 0.2) is 34.0 Å². The minimum Gasteiger partial charge on any atom is -0.481 e. The van der Waals surface area contributed by atoms with Crippen molar-refractivity contribution in [3.63, 3.8) is 0 Å². The minimum atomic E-state index is -4.07. The number of aromatic amines is 1. The number of hydrogen-bond donors (Lipinski definition) is 2. The molecule has 1 unspecified atom stereocenters. The van der Waals surface area contributed by atoms with Crippen LogP contribution < -0.4 is 15.8 Å². The number of carboxylic acids is 1. The molecule has 194 valence electrons. The molecular weight excluding hydrogens is 523 g/mol. The number of nitrogens with zero attached hydrogens (tertiary/aromatic N) is 1. The van der Waals surface area contributed by atoms with Gasteiger partial charge in [-0.2, -0.15) is 0 Å². The number of carboxylic acid groups (broad SMARTS) is 1. The van der Waals surface area contributed by atoms with Gasteiger partial charge in [0.1, 0.15) is 24.2 Å². The molecule has 3 heterocycles. The fourth-order valence-corrected chi connectivity index (χ4v) is 5.08. The number of phosphoric acid groups is 1. The van der Waals surface area contributed by atoms with Crippen LogP contribution in [-0.4, -0.2) is 45.4 Å². The van der Waals surface area contributed by atoms with Crippen molar-refractivity contribution in [2.45, 2.75) is 51.2 Å². The number of carbonyl (C=O) groups is 2. The molecule has 36 heavy (non-hydrogen) atoms. The van der Waals surface area contributed by atoms with Gasteiger partial charge >= 0.3 is 25.5 Å².